The van der Waals surface area contributed by atoms with E-state index >= 15 is 0 Å². The summed E-state index contributed by atoms with van der Waals surface area (Å²) in [6.45, 7) is 1.71. The fraction of sp³-hybridized carbons (Fsp3) is 0.375. The fourth-order valence-corrected chi connectivity index (χ4v) is 1.53. The highest BCUT2D eigenvalue weighted by Crippen LogP contribution is 2.27. The molecule has 0 aliphatic heterocycles. The van der Waals surface area contributed by atoms with Gasteiger partial charge in [-0.3, -0.25) is 4.98 Å². The molecule has 0 fully saturated rings. The molecule has 0 aliphatic rings. The van der Waals surface area contributed by atoms with E-state index in [1.165, 1.54) is 0 Å². The minimum absolute atomic E-state index is 0.0191. The number of nitrogens with zero attached hydrogens (tertiary/aromatic N) is 1. The van der Waals surface area contributed by atoms with Gasteiger partial charge in [-0.05, 0) is 35.1 Å². The normalized spacial score (nSPS) is 10.9. The molecule has 0 radical (unpaired) electrons. The van der Waals surface area contributed by atoms with Gasteiger partial charge in [-0.25, -0.2) is 8.78 Å². The van der Waals surface area contributed by atoms with Gasteiger partial charge in [0.25, 0.3) is 6.43 Å². The van der Waals surface area contributed by atoms with Gasteiger partial charge in [0, 0.05) is 21.9 Å². The van der Waals surface area contributed by atoms with E-state index in [1.54, 1.807) is 13.1 Å². The summed E-state index contributed by atoms with van der Waals surface area (Å²) in [4.78, 5) is 3.87. The van der Waals surface area contributed by atoms with E-state index in [2.05, 4.69) is 4.98 Å². The number of hydrogen-bond donors (Lipinski definition) is 1. The first-order valence-corrected chi connectivity index (χ1v) is 4.78. The molecule has 0 aliphatic carbocycles. The highest BCUT2D eigenvalue weighted by molar-refractivity contribution is 14.1. The lowest BCUT2D eigenvalue weighted by Crippen LogP contribution is -2.08. The number of halogens is 3. The van der Waals surface area contributed by atoms with Crippen LogP contribution in [0, 0.1) is 10.5 Å². The van der Waals surface area contributed by atoms with Crippen molar-refractivity contribution in [2.45, 2.75) is 19.9 Å². The zero-order chi connectivity index (χ0) is 10.0. The molecule has 0 saturated heterocycles. The minimum Gasteiger partial charge on any atom is -0.325 e. The molecule has 1 heterocycles. The average Bonchev–Trinajstić information content (AvgIpc) is 2.08. The molecule has 0 spiro atoms. The summed E-state index contributed by atoms with van der Waals surface area (Å²) in [5.74, 6) is 0. The van der Waals surface area contributed by atoms with Crippen molar-refractivity contribution in [3.05, 3.63) is 26.6 Å². The lowest BCUT2D eigenvalue weighted by Gasteiger charge is -2.10. The van der Waals surface area contributed by atoms with Gasteiger partial charge in [-0.1, -0.05) is 0 Å². The Labute approximate surface area is 88.7 Å². The van der Waals surface area contributed by atoms with E-state index in [-0.39, 0.29) is 17.8 Å². The predicted octanol–water partition coefficient (Wildman–Crippen LogP) is 2.39. The van der Waals surface area contributed by atoms with Gasteiger partial charge in [0.05, 0.1) is 5.69 Å². The Balaban J connectivity index is 3.32. The van der Waals surface area contributed by atoms with Gasteiger partial charge in [-0.2, -0.15) is 0 Å². The first-order valence-electron chi connectivity index (χ1n) is 3.70. The predicted molar refractivity (Wildman–Crippen MR) is 54.5 cm³/mol. The zero-order valence-corrected chi connectivity index (χ0v) is 9.18. The molecule has 0 bridgehead atoms. The van der Waals surface area contributed by atoms with Crippen molar-refractivity contribution in [2.75, 3.05) is 0 Å². The first kappa shape index (κ1) is 10.8. The Bertz CT molecular complexity index is 315. The SMILES string of the molecule is Cc1c(I)cnc(CN)c1C(F)F. The summed E-state index contributed by atoms with van der Waals surface area (Å²) in [7, 11) is 0. The summed E-state index contributed by atoms with van der Waals surface area (Å²) in [6, 6.07) is 0. The van der Waals surface area contributed by atoms with Gasteiger partial charge in [-0.15, -0.1) is 0 Å². The summed E-state index contributed by atoms with van der Waals surface area (Å²) >= 11 is 1.98. The van der Waals surface area contributed by atoms with Gasteiger partial charge in [0.15, 0.2) is 0 Å². The smallest absolute Gasteiger partial charge is 0.265 e. The van der Waals surface area contributed by atoms with E-state index in [0.717, 1.165) is 3.57 Å². The summed E-state index contributed by atoms with van der Waals surface area (Å²) in [5, 5.41) is 0. The summed E-state index contributed by atoms with van der Waals surface area (Å²) in [5.41, 5.74) is 6.15. The number of aromatic nitrogens is 1. The maximum absolute atomic E-state index is 12.6. The van der Waals surface area contributed by atoms with Crippen molar-refractivity contribution >= 4 is 22.6 Å². The Morgan fingerprint density at radius 1 is 1.62 bits per heavy atom. The molecule has 0 aromatic carbocycles. The van der Waals surface area contributed by atoms with Gasteiger partial charge < -0.3 is 5.73 Å². The first-order chi connectivity index (χ1) is 6.07. The monoisotopic (exact) mass is 298 g/mol. The molecule has 1 aromatic rings. The lowest BCUT2D eigenvalue weighted by molar-refractivity contribution is 0.148. The number of rotatable bonds is 2. The quantitative estimate of drug-likeness (QED) is 0.852. The Kier molecular flexibility index (Phi) is 3.55. The van der Waals surface area contributed by atoms with Crippen LogP contribution < -0.4 is 5.73 Å². The fourth-order valence-electron chi connectivity index (χ4n) is 1.10. The second-order valence-corrected chi connectivity index (χ2v) is 3.76. The molecule has 0 saturated carbocycles. The van der Waals surface area contributed by atoms with Crippen molar-refractivity contribution in [3.63, 3.8) is 0 Å². The maximum atomic E-state index is 12.6. The number of hydrogen-bond acceptors (Lipinski definition) is 2. The molecule has 2 N–H and O–H groups in total. The molecule has 2 nitrogen and oxygen atoms in total. The van der Waals surface area contributed by atoms with Gasteiger partial charge >= 0.3 is 0 Å². The Morgan fingerprint density at radius 2 is 2.23 bits per heavy atom. The third-order valence-corrected chi connectivity index (χ3v) is 2.91. The second kappa shape index (κ2) is 4.28. The van der Waals surface area contributed by atoms with Crippen molar-refractivity contribution < 1.29 is 8.78 Å². The average molecular weight is 298 g/mol. The highest BCUT2D eigenvalue weighted by atomic mass is 127. The van der Waals surface area contributed by atoms with Crippen LogP contribution in [-0.4, -0.2) is 4.98 Å². The molecule has 72 valence electrons. The van der Waals surface area contributed by atoms with Crippen molar-refractivity contribution in [1.82, 2.24) is 4.98 Å². The largest absolute Gasteiger partial charge is 0.325 e. The third-order valence-electron chi connectivity index (χ3n) is 1.82. The molecule has 5 heteroatoms. The Hall–Kier alpha value is -0.300. The molecule has 13 heavy (non-hydrogen) atoms. The van der Waals surface area contributed by atoms with E-state index in [4.69, 9.17) is 5.73 Å². The van der Waals surface area contributed by atoms with Crippen molar-refractivity contribution in [2.24, 2.45) is 5.73 Å². The van der Waals surface area contributed by atoms with Crippen LogP contribution in [-0.2, 0) is 6.54 Å². The molecule has 0 amide bonds. The van der Waals surface area contributed by atoms with E-state index in [0.29, 0.717) is 5.56 Å². The van der Waals surface area contributed by atoms with Crippen LogP contribution in [0.25, 0.3) is 0 Å². The minimum atomic E-state index is -2.50. The van der Waals surface area contributed by atoms with Crippen molar-refractivity contribution in [1.29, 1.82) is 0 Å². The van der Waals surface area contributed by atoms with Crippen LogP contribution in [0.15, 0.2) is 6.20 Å². The van der Waals surface area contributed by atoms with Crippen LogP contribution in [0.4, 0.5) is 8.78 Å². The molecular weight excluding hydrogens is 289 g/mol. The van der Waals surface area contributed by atoms with E-state index < -0.39 is 6.43 Å². The van der Waals surface area contributed by atoms with Crippen molar-refractivity contribution in [3.8, 4) is 0 Å². The number of pyridine rings is 1. The zero-order valence-electron chi connectivity index (χ0n) is 7.02. The van der Waals surface area contributed by atoms with Crippen LogP contribution in [0.3, 0.4) is 0 Å². The molecular formula is C8H9F2IN2. The molecule has 0 atom stereocenters. The summed E-state index contributed by atoms with van der Waals surface area (Å²) in [6.07, 6.45) is -0.940. The van der Waals surface area contributed by atoms with E-state index in [1.807, 2.05) is 22.6 Å². The maximum Gasteiger partial charge on any atom is 0.265 e. The molecule has 1 aromatic heterocycles. The van der Waals surface area contributed by atoms with E-state index in [9.17, 15) is 8.78 Å². The third kappa shape index (κ3) is 2.14. The topological polar surface area (TPSA) is 38.9 Å². The van der Waals surface area contributed by atoms with Gasteiger partial charge in [0.2, 0.25) is 0 Å². The van der Waals surface area contributed by atoms with Crippen LogP contribution in [0.5, 0.6) is 0 Å². The highest BCUT2D eigenvalue weighted by Gasteiger charge is 2.17. The lowest BCUT2D eigenvalue weighted by atomic mass is 10.1. The van der Waals surface area contributed by atoms with Gasteiger partial charge in [0.1, 0.15) is 0 Å². The summed E-state index contributed by atoms with van der Waals surface area (Å²) < 4.78 is 25.9. The van der Waals surface area contributed by atoms with Crippen LogP contribution >= 0.6 is 22.6 Å². The molecule has 0 unspecified atom stereocenters. The Morgan fingerprint density at radius 3 is 2.69 bits per heavy atom. The standard InChI is InChI=1S/C8H9F2IN2/c1-4-5(11)3-13-6(2-12)7(4)8(9)10/h3,8H,2,12H2,1H3. The van der Waals surface area contributed by atoms with Crippen LogP contribution in [0.1, 0.15) is 23.2 Å². The second-order valence-electron chi connectivity index (χ2n) is 2.60. The molecule has 1 rings (SSSR count). The van der Waals surface area contributed by atoms with Crippen LogP contribution in [0.2, 0.25) is 0 Å². The number of alkyl halides is 2. The number of nitrogens with two attached hydrogens (primary N) is 1.